The summed E-state index contributed by atoms with van der Waals surface area (Å²) in [7, 11) is 0. The summed E-state index contributed by atoms with van der Waals surface area (Å²) in [5, 5.41) is 9.73. The Morgan fingerprint density at radius 3 is 3.08 bits per heavy atom. The van der Waals surface area contributed by atoms with Gasteiger partial charge in [0.05, 0.1) is 11.6 Å². The van der Waals surface area contributed by atoms with E-state index in [0.717, 1.165) is 30.8 Å². The summed E-state index contributed by atoms with van der Waals surface area (Å²) >= 11 is 5.86. The van der Waals surface area contributed by atoms with Crippen LogP contribution in [0.3, 0.4) is 0 Å². The fourth-order valence-corrected chi connectivity index (χ4v) is 1.71. The van der Waals surface area contributed by atoms with Gasteiger partial charge in [-0.2, -0.15) is 0 Å². The fourth-order valence-electron chi connectivity index (χ4n) is 1.42. The van der Waals surface area contributed by atoms with Crippen LogP contribution in [0.1, 0.15) is 12.0 Å². The lowest BCUT2D eigenvalue weighted by Gasteiger charge is -2.18. The summed E-state index contributed by atoms with van der Waals surface area (Å²) in [5.74, 6) is 0.949. The molecule has 12 heavy (non-hydrogen) atoms. The molecule has 1 heterocycles. The van der Waals surface area contributed by atoms with Crippen molar-refractivity contribution >= 4 is 11.6 Å². The third kappa shape index (κ3) is 1.23. The first-order valence-electron chi connectivity index (χ1n) is 3.91. The average molecular weight is 185 g/mol. The predicted octanol–water partition coefficient (Wildman–Crippen LogP) is 2.37. The van der Waals surface area contributed by atoms with Gasteiger partial charge in [0, 0.05) is 6.07 Å². The number of aromatic hydroxyl groups is 1. The molecule has 1 aliphatic heterocycles. The molecule has 0 saturated heterocycles. The molecular formula is C9H9ClO2. The van der Waals surface area contributed by atoms with Crippen molar-refractivity contribution in [1.82, 2.24) is 0 Å². The highest BCUT2D eigenvalue weighted by Gasteiger charge is 2.14. The summed E-state index contributed by atoms with van der Waals surface area (Å²) in [4.78, 5) is 0. The van der Waals surface area contributed by atoms with Crippen LogP contribution in [0.2, 0.25) is 5.02 Å². The molecule has 0 aromatic heterocycles. The Labute approximate surface area is 75.7 Å². The lowest BCUT2D eigenvalue weighted by Crippen LogP contribution is -2.08. The first-order chi connectivity index (χ1) is 5.77. The van der Waals surface area contributed by atoms with Crippen LogP contribution in [0.5, 0.6) is 11.5 Å². The second-order valence-corrected chi connectivity index (χ2v) is 3.28. The van der Waals surface area contributed by atoms with E-state index >= 15 is 0 Å². The number of hydrogen-bond acceptors (Lipinski definition) is 2. The number of aryl methyl sites for hydroxylation is 1. The third-order valence-electron chi connectivity index (χ3n) is 1.94. The van der Waals surface area contributed by atoms with Gasteiger partial charge in [0.2, 0.25) is 0 Å². The van der Waals surface area contributed by atoms with Crippen LogP contribution < -0.4 is 4.74 Å². The minimum atomic E-state index is 0.212. The molecule has 3 heteroatoms. The Bertz CT molecular complexity index is 310. The number of phenols is 1. The summed E-state index contributed by atoms with van der Waals surface area (Å²) < 4.78 is 5.37. The Morgan fingerprint density at radius 1 is 1.42 bits per heavy atom. The smallest absolute Gasteiger partial charge is 0.141 e. The van der Waals surface area contributed by atoms with E-state index in [9.17, 15) is 5.11 Å². The topological polar surface area (TPSA) is 29.5 Å². The van der Waals surface area contributed by atoms with E-state index in [4.69, 9.17) is 16.3 Å². The highest BCUT2D eigenvalue weighted by atomic mass is 35.5. The zero-order valence-corrected chi connectivity index (χ0v) is 7.27. The molecule has 0 spiro atoms. The molecule has 0 bridgehead atoms. The normalized spacial score (nSPS) is 15.1. The van der Waals surface area contributed by atoms with E-state index in [2.05, 4.69) is 0 Å². The summed E-state index contributed by atoms with van der Waals surface area (Å²) in [5.41, 5.74) is 1.01. The van der Waals surface area contributed by atoms with Gasteiger partial charge >= 0.3 is 0 Å². The van der Waals surface area contributed by atoms with Gasteiger partial charge in [-0.15, -0.1) is 0 Å². The van der Waals surface area contributed by atoms with Crippen molar-refractivity contribution < 1.29 is 9.84 Å². The highest BCUT2D eigenvalue weighted by Crippen LogP contribution is 2.35. The molecule has 0 saturated carbocycles. The van der Waals surface area contributed by atoms with Crippen molar-refractivity contribution in [3.05, 3.63) is 22.7 Å². The van der Waals surface area contributed by atoms with Crippen LogP contribution in [0, 0.1) is 0 Å². The molecule has 0 atom stereocenters. The molecule has 2 rings (SSSR count). The molecule has 0 unspecified atom stereocenters. The van der Waals surface area contributed by atoms with E-state index < -0.39 is 0 Å². The monoisotopic (exact) mass is 184 g/mol. The van der Waals surface area contributed by atoms with Gasteiger partial charge in [-0.1, -0.05) is 11.6 Å². The molecule has 0 amide bonds. The number of fused-ring (bicyclic) bond motifs is 1. The lowest BCUT2D eigenvalue weighted by molar-refractivity contribution is 0.287. The zero-order chi connectivity index (χ0) is 8.55. The largest absolute Gasteiger partial charge is 0.508 e. The van der Waals surface area contributed by atoms with Crippen molar-refractivity contribution in [2.24, 2.45) is 0 Å². The van der Waals surface area contributed by atoms with Crippen LogP contribution in [0.25, 0.3) is 0 Å². The van der Waals surface area contributed by atoms with E-state index in [-0.39, 0.29) is 5.75 Å². The maximum absolute atomic E-state index is 9.23. The Morgan fingerprint density at radius 2 is 2.25 bits per heavy atom. The van der Waals surface area contributed by atoms with Crippen molar-refractivity contribution in [3.63, 3.8) is 0 Å². The van der Waals surface area contributed by atoms with Crippen molar-refractivity contribution in [3.8, 4) is 11.5 Å². The molecule has 1 aliphatic rings. The summed E-state index contributed by atoms with van der Waals surface area (Å²) in [6.07, 6.45) is 1.93. The van der Waals surface area contributed by atoms with Gasteiger partial charge in [-0.3, -0.25) is 0 Å². The van der Waals surface area contributed by atoms with Crippen LogP contribution in [0.4, 0.5) is 0 Å². The van der Waals surface area contributed by atoms with Gasteiger partial charge < -0.3 is 9.84 Å². The molecule has 2 nitrogen and oxygen atoms in total. The quantitative estimate of drug-likeness (QED) is 0.671. The number of rotatable bonds is 0. The van der Waals surface area contributed by atoms with Gasteiger partial charge in [-0.25, -0.2) is 0 Å². The van der Waals surface area contributed by atoms with Crippen molar-refractivity contribution in [2.45, 2.75) is 12.8 Å². The zero-order valence-electron chi connectivity index (χ0n) is 6.51. The lowest BCUT2D eigenvalue weighted by atomic mass is 10.1. The number of phenolic OH excluding ortho intramolecular Hbond substituents is 1. The number of hydrogen-bond donors (Lipinski definition) is 1. The van der Waals surface area contributed by atoms with Gasteiger partial charge in [0.15, 0.2) is 0 Å². The summed E-state index contributed by atoms with van der Waals surface area (Å²) in [6.45, 7) is 0.720. The molecule has 64 valence electrons. The number of halogens is 1. The molecule has 0 fully saturated rings. The first kappa shape index (κ1) is 7.74. The molecule has 1 N–H and O–H groups in total. The van der Waals surface area contributed by atoms with E-state index in [1.165, 1.54) is 6.07 Å². The third-order valence-corrected chi connectivity index (χ3v) is 2.22. The van der Waals surface area contributed by atoms with Crippen molar-refractivity contribution in [1.29, 1.82) is 0 Å². The van der Waals surface area contributed by atoms with Crippen LogP contribution in [-0.4, -0.2) is 11.7 Å². The van der Waals surface area contributed by atoms with E-state index in [1.807, 2.05) is 0 Å². The maximum atomic E-state index is 9.23. The van der Waals surface area contributed by atoms with E-state index in [0.29, 0.717) is 5.02 Å². The van der Waals surface area contributed by atoms with Crippen LogP contribution in [0.15, 0.2) is 12.1 Å². The standard InChI is InChI=1S/C9H9ClO2/c10-8-5-7(11)4-6-2-1-3-12-9(6)8/h4-5,11H,1-3H2. The number of ether oxygens (including phenoxy) is 1. The Kier molecular flexibility index (Phi) is 1.85. The average Bonchev–Trinajstić information content (AvgIpc) is 2.04. The molecule has 0 aliphatic carbocycles. The predicted molar refractivity (Wildman–Crippen MR) is 46.9 cm³/mol. The van der Waals surface area contributed by atoms with Crippen LogP contribution >= 0.6 is 11.6 Å². The first-order valence-corrected chi connectivity index (χ1v) is 4.29. The molecule has 0 radical (unpaired) electrons. The number of benzene rings is 1. The molecular weight excluding hydrogens is 176 g/mol. The van der Waals surface area contributed by atoms with Gasteiger partial charge in [0.25, 0.3) is 0 Å². The highest BCUT2D eigenvalue weighted by molar-refractivity contribution is 6.32. The van der Waals surface area contributed by atoms with Crippen LogP contribution in [-0.2, 0) is 6.42 Å². The fraction of sp³-hybridized carbons (Fsp3) is 0.333. The SMILES string of the molecule is Oc1cc(Cl)c2c(c1)CCCO2. The van der Waals surface area contributed by atoms with E-state index in [1.54, 1.807) is 6.07 Å². The maximum Gasteiger partial charge on any atom is 0.141 e. The van der Waals surface area contributed by atoms with Gasteiger partial charge in [-0.05, 0) is 24.5 Å². The Hall–Kier alpha value is -0.890. The second-order valence-electron chi connectivity index (χ2n) is 2.87. The van der Waals surface area contributed by atoms with Crippen molar-refractivity contribution in [2.75, 3.05) is 6.61 Å². The molecule has 1 aromatic carbocycles. The minimum absolute atomic E-state index is 0.212. The minimum Gasteiger partial charge on any atom is -0.508 e. The summed E-state index contributed by atoms with van der Waals surface area (Å²) in [6, 6.07) is 3.21. The van der Waals surface area contributed by atoms with Gasteiger partial charge in [0.1, 0.15) is 11.5 Å². The Balaban J connectivity index is 2.53. The molecule has 1 aromatic rings. The second kappa shape index (κ2) is 2.87.